The number of carbonyl (C=O) groups is 1. The van der Waals surface area contributed by atoms with Crippen molar-refractivity contribution in [2.24, 2.45) is 0 Å². The fourth-order valence-corrected chi connectivity index (χ4v) is 2.90. The van der Waals surface area contributed by atoms with Gasteiger partial charge in [-0.1, -0.05) is 42.5 Å². The fraction of sp³-hybridized carbons (Fsp3) is 0.0588. The minimum atomic E-state index is -0.365. The van der Waals surface area contributed by atoms with Crippen LogP contribution in [0.2, 0.25) is 0 Å². The van der Waals surface area contributed by atoms with Crippen LogP contribution in [0.15, 0.2) is 53.9 Å². The molecule has 21 heavy (non-hydrogen) atoms. The molecule has 0 bridgehead atoms. The molecule has 3 rings (SSSR count). The molecule has 1 heterocycles. The van der Waals surface area contributed by atoms with E-state index < -0.39 is 0 Å². The first-order valence-corrected chi connectivity index (χ1v) is 7.37. The number of aldehydes is 1. The molecule has 0 amide bonds. The summed E-state index contributed by atoms with van der Waals surface area (Å²) in [4.78, 5) is 15.2. The molecule has 0 saturated heterocycles. The third-order valence-electron chi connectivity index (χ3n) is 3.18. The van der Waals surface area contributed by atoms with E-state index in [1.165, 1.54) is 17.4 Å². The Morgan fingerprint density at radius 2 is 1.95 bits per heavy atom. The molecule has 0 aliphatic carbocycles. The number of rotatable bonds is 4. The number of halogens is 1. The Morgan fingerprint density at radius 1 is 1.14 bits per heavy atom. The van der Waals surface area contributed by atoms with Crippen LogP contribution in [0, 0.1) is 5.82 Å². The lowest BCUT2D eigenvalue weighted by atomic mass is 10.1. The molecule has 0 unspecified atom stereocenters. The summed E-state index contributed by atoms with van der Waals surface area (Å²) in [6, 6.07) is 14.4. The first-order valence-electron chi connectivity index (χ1n) is 6.49. The van der Waals surface area contributed by atoms with Gasteiger partial charge in [0.1, 0.15) is 12.1 Å². The number of hydrogen-bond donors (Lipinski definition) is 0. The topological polar surface area (TPSA) is 30.0 Å². The third-order valence-corrected chi connectivity index (χ3v) is 4.02. The first-order chi connectivity index (χ1) is 10.3. The second kappa shape index (κ2) is 5.97. The zero-order chi connectivity index (χ0) is 14.7. The first kappa shape index (κ1) is 13.6. The lowest BCUT2D eigenvalue weighted by Gasteiger charge is -2.01. The minimum absolute atomic E-state index is 0.348. The molecule has 4 heteroatoms. The van der Waals surface area contributed by atoms with Crippen molar-refractivity contribution < 1.29 is 9.18 Å². The van der Waals surface area contributed by atoms with Gasteiger partial charge in [-0.25, -0.2) is 9.37 Å². The molecule has 0 N–H and O–H groups in total. The van der Waals surface area contributed by atoms with Crippen molar-refractivity contribution in [1.29, 1.82) is 0 Å². The second-order valence-electron chi connectivity index (χ2n) is 4.64. The average molecular weight is 297 g/mol. The van der Waals surface area contributed by atoms with Crippen LogP contribution in [0.3, 0.4) is 0 Å². The molecule has 0 aliphatic heterocycles. The highest BCUT2D eigenvalue weighted by molar-refractivity contribution is 7.10. The summed E-state index contributed by atoms with van der Waals surface area (Å²) in [6.45, 7) is 0. The Morgan fingerprint density at radius 3 is 2.67 bits per heavy atom. The number of benzene rings is 2. The number of carbonyl (C=O) groups excluding carboxylic acids is 1. The smallest absolute Gasteiger partial charge is 0.150 e. The lowest BCUT2D eigenvalue weighted by Crippen LogP contribution is -1.94. The Hall–Kier alpha value is -2.33. The van der Waals surface area contributed by atoms with Crippen molar-refractivity contribution in [2.45, 2.75) is 6.42 Å². The molecule has 3 aromatic rings. The van der Waals surface area contributed by atoms with Crippen LogP contribution in [-0.2, 0) is 6.42 Å². The minimum Gasteiger partial charge on any atom is -0.298 e. The Kier molecular flexibility index (Phi) is 3.88. The summed E-state index contributed by atoms with van der Waals surface area (Å²) >= 11 is 1.51. The van der Waals surface area contributed by atoms with Gasteiger partial charge >= 0.3 is 0 Å². The van der Waals surface area contributed by atoms with Gasteiger partial charge in [-0.2, -0.15) is 0 Å². The summed E-state index contributed by atoms with van der Waals surface area (Å²) in [5.74, 6) is -0.365. The number of thiazole rings is 1. The van der Waals surface area contributed by atoms with Crippen LogP contribution < -0.4 is 0 Å². The molecular weight excluding hydrogens is 285 g/mol. The predicted molar refractivity (Wildman–Crippen MR) is 82.1 cm³/mol. The molecule has 0 aliphatic rings. The molecule has 2 aromatic carbocycles. The Balaban J connectivity index is 1.83. The van der Waals surface area contributed by atoms with Crippen molar-refractivity contribution in [3.63, 3.8) is 0 Å². The molecule has 0 radical (unpaired) electrons. The summed E-state index contributed by atoms with van der Waals surface area (Å²) in [5.41, 5.74) is 2.85. The van der Waals surface area contributed by atoms with Crippen molar-refractivity contribution in [2.75, 3.05) is 0 Å². The van der Waals surface area contributed by atoms with E-state index in [9.17, 15) is 9.18 Å². The van der Waals surface area contributed by atoms with Gasteiger partial charge in [-0.3, -0.25) is 4.79 Å². The SMILES string of the molecule is O=Cc1ccc(Cc2nc(-c3ccccc3)cs2)c(F)c1. The van der Waals surface area contributed by atoms with E-state index in [1.54, 1.807) is 12.1 Å². The monoisotopic (exact) mass is 297 g/mol. The molecular formula is C17H12FNOS. The van der Waals surface area contributed by atoms with E-state index in [0.717, 1.165) is 16.3 Å². The van der Waals surface area contributed by atoms with E-state index in [0.29, 0.717) is 23.8 Å². The molecule has 0 fully saturated rings. The van der Waals surface area contributed by atoms with Gasteiger partial charge in [-0.05, 0) is 11.6 Å². The highest BCUT2D eigenvalue weighted by atomic mass is 32.1. The number of hydrogen-bond acceptors (Lipinski definition) is 3. The van der Waals surface area contributed by atoms with Gasteiger partial charge in [0.05, 0.1) is 10.7 Å². The average Bonchev–Trinajstić information content (AvgIpc) is 2.99. The van der Waals surface area contributed by atoms with Crippen molar-refractivity contribution in [3.8, 4) is 11.3 Å². The summed E-state index contributed by atoms with van der Waals surface area (Å²) in [6.07, 6.45) is 1.08. The molecule has 0 atom stereocenters. The van der Waals surface area contributed by atoms with Crippen molar-refractivity contribution >= 4 is 17.6 Å². The molecule has 0 spiro atoms. The predicted octanol–water partition coefficient (Wildman–Crippen LogP) is 4.35. The van der Waals surface area contributed by atoms with E-state index in [1.807, 2.05) is 35.7 Å². The van der Waals surface area contributed by atoms with E-state index in [-0.39, 0.29) is 5.82 Å². The van der Waals surface area contributed by atoms with Gasteiger partial charge in [0.15, 0.2) is 0 Å². The van der Waals surface area contributed by atoms with Crippen LogP contribution in [0.5, 0.6) is 0 Å². The van der Waals surface area contributed by atoms with Crippen LogP contribution in [0.1, 0.15) is 20.9 Å². The molecule has 1 aromatic heterocycles. The number of aromatic nitrogens is 1. The molecule has 2 nitrogen and oxygen atoms in total. The highest BCUT2D eigenvalue weighted by Gasteiger charge is 2.09. The lowest BCUT2D eigenvalue weighted by molar-refractivity contribution is 0.112. The zero-order valence-electron chi connectivity index (χ0n) is 11.1. The van der Waals surface area contributed by atoms with Crippen molar-refractivity contribution in [3.05, 3.63) is 75.9 Å². The second-order valence-corrected chi connectivity index (χ2v) is 5.58. The summed E-state index contributed by atoms with van der Waals surface area (Å²) < 4.78 is 13.9. The summed E-state index contributed by atoms with van der Waals surface area (Å²) in [7, 11) is 0. The maximum absolute atomic E-state index is 13.9. The molecule has 0 saturated carbocycles. The Labute approximate surface area is 125 Å². The van der Waals surface area contributed by atoms with Gasteiger partial charge in [0, 0.05) is 22.9 Å². The normalized spacial score (nSPS) is 10.5. The van der Waals surface area contributed by atoms with Gasteiger partial charge in [0.25, 0.3) is 0 Å². The zero-order valence-corrected chi connectivity index (χ0v) is 11.9. The Bertz CT molecular complexity index is 767. The van der Waals surface area contributed by atoms with E-state index >= 15 is 0 Å². The maximum Gasteiger partial charge on any atom is 0.150 e. The highest BCUT2D eigenvalue weighted by Crippen LogP contribution is 2.24. The van der Waals surface area contributed by atoms with Gasteiger partial charge < -0.3 is 0 Å². The van der Waals surface area contributed by atoms with Gasteiger partial charge in [0.2, 0.25) is 0 Å². The third kappa shape index (κ3) is 3.06. The molecule has 104 valence electrons. The maximum atomic E-state index is 13.9. The van der Waals surface area contributed by atoms with Crippen molar-refractivity contribution in [1.82, 2.24) is 4.98 Å². The standard InChI is InChI=1S/C17H12FNOS/c18-15-8-12(10-20)6-7-14(15)9-17-19-16(11-21-17)13-4-2-1-3-5-13/h1-8,10-11H,9H2. The largest absolute Gasteiger partial charge is 0.298 e. The van der Waals surface area contributed by atoms with Crippen LogP contribution in [-0.4, -0.2) is 11.3 Å². The number of nitrogens with zero attached hydrogens (tertiary/aromatic N) is 1. The van der Waals surface area contributed by atoms with Gasteiger partial charge in [-0.15, -0.1) is 11.3 Å². The fourth-order valence-electron chi connectivity index (χ4n) is 2.08. The quantitative estimate of drug-likeness (QED) is 0.670. The van der Waals surface area contributed by atoms with Crippen LogP contribution in [0.25, 0.3) is 11.3 Å². The van der Waals surface area contributed by atoms with Crippen LogP contribution in [0.4, 0.5) is 4.39 Å². The summed E-state index contributed by atoms with van der Waals surface area (Å²) in [5, 5.41) is 2.83. The van der Waals surface area contributed by atoms with Crippen LogP contribution >= 0.6 is 11.3 Å². The van der Waals surface area contributed by atoms with E-state index in [2.05, 4.69) is 4.98 Å². The van der Waals surface area contributed by atoms with E-state index in [4.69, 9.17) is 0 Å².